The minimum atomic E-state index is -0.169. The molecule has 0 heterocycles. The molecule has 0 spiro atoms. The lowest BCUT2D eigenvalue weighted by molar-refractivity contribution is 0.0952. The molecule has 0 radical (unpaired) electrons. The molecule has 5 heteroatoms. The van der Waals surface area contributed by atoms with Crippen molar-refractivity contribution >= 4 is 29.1 Å². The summed E-state index contributed by atoms with van der Waals surface area (Å²) in [4.78, 5) is 14.3. The lowest BCUT2D eigenvalue weighted by Crippen LogP contribution is -2.28. The van der Waals surface area contributed by atoms with Crippen LogP contribution < -0.4 is 5.32 Å². The van der Waals surface area contributed by atoms with Gasteiger partial charge in [-0.2, -0.15) is 0 Å². The van der Waals surface area contributed by atoms with Gasteiger partial charge in [0.1, 0.15) is 0 Å². The summed E-state index contributed by atoms with van der Waals surface area (Å²) >= 11 is 11.9. The Morgan fingerprint density at radius 2 is 1.87 bits per heavy atom. The standard InChI is InChI=1S/C18H20Cl2N2O/c1-22(13-14-6-3-2-4-7-14)11-5-10-21-18(23)16-9-8-15(19)12-17(16)20/h2-4,6-9,12H,5,10-11,13H2,1H3,(H,21,23). The van der Waals surface area contributed by atoms with Crippen molar-refractivity contribution in [3.8, 4) is 0 Å². The molecule has 122 valence electrons. The first kappa shape index (κ1) is 17.8. The quantitative estimate of drug-likeness (QED) is 0.757. The number of nitrogens with zero attached hydrogens (tertiary/aromatic N) is 1. The van der Waals surface area contributed by atoms with Crippen molar-refractivity contribution in [2.75, 3.05) is 20.1 Å². The number of carbonyl (C=O) groups excluding carboxylic acids is 1. The highest BCUT2D eigenvalue weighted by atomic mass is 35.5. The Bertz CT molecular complexity index is 647. The van der Waals surface area contributed by atoms with Crippen molar-refractivity contribution in [1.82, 2.24) is 10.2 Å². The Morgan fingerprint density at radius 3 is 2.57 bits per heavy atom. The van der Waals surface area contributed by atoms with E-state index in [4.69, 9.17) is 23.2 Å². The van der Waals surface area contributed by atoms with Crippen LogP contribution in [0.5, 0.6) is 0 Å². The van der Waals surface area contributed by atoms with Gasteiger partial charge in [0.2, 0.25) is 0 Å². The van der Waals surface area contributed by atoms with Crippen LogP contribution in [0, 0.1) is 0 Å². The van der Waals surface area contributed by atoms with Gasteiger partial charge < -0.3 is 10.2 Å². The van der Waals surface area contributed by atoms with Gasteiger partial charge in [0.05, 0.1) is 10.6 Å². The molecule has 0 aliphatic heterocycles. The summed E-state index contributed by atoms with van der Waals surface area (Å²) in [7, 11) is 2.07. The van der Waals surface area contributed by atoms with Crippen molar-refractivity contribution in [2.45, 2.75) is 13.0 Å². The molecule has 0 aromatic heterocycles. The lowest BCUT2D eigenvalue weighted by atomic mass is 10.2. The zero-order valence-electron chi connectivity index (χ0n) is 13.1. The fraction of sp³-hybridized carbons (Fsp3) is 0.278. The number of hydrogen-bond donors (Lipinski definition) is 1. The van der Waals surface area contributed by atoms with Crippen molar-refractivity contribution in [3.05, 3.63) is 69.7 Å². The van der Waals surface area contributed by atoms with Crippen LogP contribution in [-0.2, 0) is 6.54 Å². The van der Waals surface area contributed by atoms with E-state index in [-0.39, 0.29) is 5.91 Å². The van der Waals surface area contributed by atoms with Crippen LogP contribution in [0.4, 0.5) is 0 Å². The van der Waals surface area contributed by atoms with E-state index in [1.807, 2.05) is 18.2 Å². The second-order valence-electron chi connectivity index (χ2n) is 5.46. The van der Waals surface area contributed by atoms with Gasteiger partial charge in [0, 0.05) is 18.1 Å². The molecule has 3 nitrogen and oxygen atoms in total. The SMILES string of the molecule is CN(CCCNC(=O)c1ccc(Cl)cc1Cl)Cc1ccccc1. The Morgan fingerprint density at radius 1 is 1.13 bits per heavy atom. The smallest absolute Gasteiger partial charge is 0.252 e. The molecule has 0 bridgehead atoms. The predicted octanol–water partition coefficient (Wildman–Crippen LogP) is 4.25. The molecule has 1 N–H and O–H groups in total. The van der Waals surface area contributed by atoms with E-state index in [2.05, 4.69) is 29.4 Å². The van der Waals surface area contributed by atoms with Gasteiger partial charge >= 0.3 is 0 Å². The Hall–Kier alpha value is -1.55. The summed E-state index contributed by atoms with van der Waals surface area (Å²) < 4.78 is 0. The predicted molar refractivity (Wildman–Crippen MR) is 96.2 cm³/mol. The molecule has 0 aliphatic rings. The van der Waals surface area contributed by atoms with Gasteiger partial charge in [-0.25, -0.2) is 0 Å². The highest BCUT2D eigenvalue weighted by molar-refractivity contribution is 6.36. The van der Waals surface area contributed by atoms with Crippen molar-refractivity contribution in [3.63, 3.8) is 0 Å². The first-order valence-corrected chi connectivity index (χ1v) is 8.27. The number of benzene rings is 2. The maximum atomic E-state index is 12.1. The van der Waals surface area contributed by atoms with Gasteiger partial charge in [-0.05, 0) is 43.8 Å². The second kappa shape index (κ2) is 8.92. The fourth-order valence-electron chi connectivity index (χ4n) is 2.29. The van der Waals surface area contributed by atoms with Crippen LogP contribution in [0.1, 0.15) is 22.3 Å². The Labute approximate surface area is 147 Å². The summed E-state index contributed by atoms with van der Waals surface area (Å²) in [5.74, 6) is -0.169. The molecule has 0 saturated heterocycles. The number of carbonyl (C=O) groups is 1. The normalized spacial score (nSPS) is 10.8. The summed E-state index contributed by atoms with van der Waals surface area (Å²) in [6.07, 6.45) is 0.875. The monoisotopic (exact) mass is 350 g/mol. The number of nitrogens with one attached hydrogen (secondary N) is 1. The average Bonchev–Trinajstić information content (AvgIpc) is 2.52. The van der Waals surface area contributed by atoms with Crippen LogP contribution in [0.2, 0.25) is 10.0 Å². The maximum absolute atomic E-state index is 12.1. The fourth-order valence-corrected chi connectivity index (χ4v) is 2.79. The Balaban J connectivity index is 1.71. The lowest BCUT2D eigenvalue weighted by Gasteiger charge is -2.16. The summed E-state index contributed by atoms with van der Waals surface area (Å²) in [5, 5.41) is 3.78. The summed E-state index contributed by atoms with van der Waals surface area (Å²) in [6.45, 7) is 2.41. The van der Waals surface area contributed by atoms with Gasteiger partial charge in [-0.3, -0.25) is 4.79 Å². The topological polar surface area (TPSA) is 32.3 Å². The highest BCUT2D eigenvalue weighted by Gasteiger charge is 2.10. The van der Waals surface area contributed by atoms with Crippen LogP contribution in [-0.4, -0.2) is 30.9 Å². The molecule has 2 aromatic rings. The first-order chi connectivity index (χ1) is 11.1. The zero-order valence-corrected chi connectivity index (χ0v) is 14.6. The largest absolute Gasteiger partial charge is 0.352 e. The molecule has 0 aliphatic carbocycles. The molecular weight excluding hydrogens is 331 g/mol. The molecule has 0 unspecified atom stereocenters. The summed E-state index contributed by atoms with van der Waals surface area (Å²) in [5.41, 5.74) is 1.74. The van der Waals surface area contributed by atoms with E-state index >= 15 is 0 Å². The van der Waals surface area contributed by atoms with E-state index in [9.17, 15) is 4.79 Å². The summed E-state index contributed by atoms with van der Waals surface area (Å²) in [6, 6.07) is 15.2. The van der Waals surface area contributed by atoms with Crippen LogP contribution in [0.15, 0.2) is 48.5 Å². The third-order valence-electron chi connectivity index (χ3n) is 3.47. The van der Waals surface area contributed by atoms with Gasteiger partial charge in [-0.15, -0.1) is 0 Å². The minimum absolute atomic E-state index is 0.169. The van der Waals surface area contributed by atoms with Gasteiger partial charge in [-0.1, -0.05) is 53.5 Å². The highest BCUT2D eigenvalue weighted by Crippen LogP contribution is 2.20. The van der Waals surface area contributed by atoms with Crippen LogP contribution in [0.25, 0.3) is 0 Å². The molecule has 0 saturated carbocycles. The molecule has 0 atom stereocenters. The average molecular weight is 351 g/mol. The van der Waals surface area contributed by atoms with E-state index in [0.29, 0.717) is 22.2 Å². The first-order valence-electron chi connectivity index (χ1n) is 7.52. The van der Waals surface area contributed by atoms with E-state index in [1.165, 1.54) is 5.56 Å². The van der Waals surface area contributed by atoms with Crippen LogP contribution >= 0.6 is 23.2 Å². The maximum Gasteiger partial charge on any atom is 0.252 e. The Kier molecular flexibility index (Phi) is 6.90. The van der Waals surface area contributed by atoms with Gasteiger partial charge in [0.25, 0.3) is 5.91 Å². The van der Waals surface area contributed by atoms with E-state index < -0.39 is 0 Å². The molecule has 2 aromatic carbocycles. The van der Waals surface area contributed by atoms with E-state index in [0.717, 1.165) is 19.5 Å². The number of halogens is 2. The zero-order chi connectivity index (χ0) is 16.7. The third-order valence-corrected chi connectivity index (χ3v) is 4.02. The van der Waals surface area contributed by atoms with E-state index in [1.54, 1.807) is 18.2 Å². The second-order valence-corrected chi connectivity index (χ2v) is 6.30. The minimum Gasteiger partial charge on any atom is -0.352 e. The molecule has 1 amide bonds. The molecule has 23 heavy (non-hydrogen) atoms. The van der Waals surface area contributed by atoms with Crippen molar-refractivity contribution in [2.24, 2.45) is 0 Å². The van der Waals surface area contributed by atoms with Crippen molar-refractivity contribution < 1.29 is 4.79 Å². The molecule has 0 fully saturated rings. The number of rotatable bonds is 7. The third kappa shape index (κ3) is 5.87. The van der Waals surface area contributed by atoms with Crippen LogP contribution in [0.3, 0.4) is 0 Å². The van der Waals surface area contributed by atoms with Gasteiger partial charge in [0.15, 0.2) is 0 Å². The number of amides is 1. The van der Waals surface area contributed by atoms with Crippen molar-refractivity contribution in [1.29, 1.82) is 0 Å². The molecule has 2 rings (SSSR count). The molecular formula is C18H20Cl2N2O. The number of hydrogen-bond acceptors (Lipinski definition) is 2.